The standard InChI is InChI=1S/C14H22O3/c1-4-11(8-12(16)9-15)13-7-10(2)5-6-14(13)17-3/h5-7,11-12,15-16H,4,8-9H2,1-3H3. The van der Waals surface area contributed by atoms with Gasteiger partial charge in [-0.25, -0.2) is 0 Å². The van der Waals surface area contributed by atoms with Gasteiger partial charge in [-0.1, -0.05) is 24.6 Å². The van der Waals surface area contributed by atoms with E-state index in [1.165, 1.54) is 5.56 Å². The number of hydrogen-bond donors (Lipinski definition) is 2. The topological polar surface area (TPSA) is 49.7 Å². The molecular weight excluding hydrogens is 216 g/mol. The first-order chi connectivity index (χ1) is 8.12. The fourth-order valence-electron chi connectivity index (χ4n) is 2.09. The molecular formula is C14H22O3. The number of hydrogen-bond acceptors (Lipinski definition) is 3. The van der Waals surface area contributed by atoms with Crippen molar-refractivity contribution < 1.29 is 14.9 Å². The maximum absolute atomic E-state index is 9.56. The van der Waals surface area contributed by atoms with Crippen molar-refractivity contribution >= 4 is 0 Å². The molecule has 2 unspecified atom stereocenters. The monoisotopic (exact) mass is 238 g/mol. The minimum atomic E-state index is -0.662. The minimum absolute atomic E-state index is 0.190. The molecule has 0 aliphatic heterocycles. The SMILES string of the molecule is CCC(CC(O)CO)c1cc(C)ccc1OC. The van der Waals surface area contributed by atoms with Crippen LogP contribution in [0.3, 0.4) is 0 Å². The molecule has 0 saturated carbocycles. The highest BCUT2D eigenvalue weighted by Gasteiger charge is 2.18. The summed E-state index contributed by atoms with van der Waals surface area (Å²) in [5.41, 5.74) is 2.29. The maximum atomic E-state index is 9.56. The van der Waals surface area contributed by atoms with Gasteiger partial charge in [0.25, 0.3) is 0 Å². The fourth-order valence-corrected chi connectivity index (χ4v) is 2.09. The van der Waals surface area contributed by atoms with Crippen molar-refractivity contribution in [3.63, 3.8) is 0 Å². The number of aliphatic hydroxyl groups is 2. The van der Waals surface area contributed by atoms with Crippen LogP contribution in [-0.2, 0) is 0 Å². The van der Waals surface area contributed by atoms with Crippen LogP contribution < -0.4 is 4.74 Å². The summed E-state index contributed by atoms with van der Waals surface area (Å²) < 4.78 is 5.35. The Labute approximate surface area is 103 Å². The van der Waals surface area contributed by atoms with Crippen molar-refractivity contribution in [1.82, 2.24) is 0 Å². The Morgan fingerprint density at radius 1 is 1.35 bits per heavy atom. The van der Waals surface area contributed by atoms with E-state index in [2.05, 4.69) is 13.0 Å². The summed E-state index contributed by atoms with van der Waals surface area (Å²) in [7, 11) is 1.66. The first-order valence-electron chi connectivity index (χ1n) is 6.05. The summed E-state index contributed by atoms with van der Waals surface area (Å²) in [5.74, 6) is 1.07. The smallest absolute Gasteiger partial charge is 0.122 e. The van der Waals surface area contributed by atoms with Crippen LogP contribution >= 0.6 is 0 Å². The molecule has 3 heteroatoms. The molecule has 3 nitrogen and oxygen atoms in total. The molecule has 17 heavy (non-hydrogen) atoms. The Bertz CT molecular complexity index is 349. The number of aryl methyl sites for hydroxylation is 1. The highest BCUT2D eigenvalue weighted by molar-refractivity contribution is 5.39. The third-order valence-electron chi connectivity index (χ3n) is 3.09. The van der Waals surface area contributed by atoms with E-state index in [-0.39, 0.29) is 12.5 Å². The molecule has 0 heterocycles. The quantitative estimate of drug-likeness (QED) is 0.799. The van der Waals surface area contributed by atoms with E-state index < -0.39 is 6.10 Å². The molecule has 1 aromatic carbocycles. The van der Waals surface area contributed by atoms with Gasteiger partial charge >= 0.3 is 0 Å². The zero-order valence-corrected chi connectivity index (χ0v) is 10.8. The van der Waals surface area contributed by atoms with Crippen molar-refractivity contribution in [3.05, 3.63) is 29.3 Å². The summed E-state index contributed by atoms with van der Waals surface area (Å²) in [5, 5.41) is 18.5. The minimum Gasteiger partial charge on any atom is -0.496 e. The van der Waals surface area contributed by atoms with E-state index in [1.807, 2.05) is 19.1 Å². The van der Waals surface area contributed by atoms with E-state index in [0.29, 0.717) is 6.42 Å². The fraction of sp³-hybridized carbons (Fsp3) is 0.571. The molecule has 0 fully saturated rings. The van der Waals surface area contributed by atoms with Gasteiger partial charge in [0.2, 0.25) is 0 Å². The van der Waals surface area contributed by atoms with Crippen LogP contribution in [0.2, 0.25) is 0 Å². The lowest BCUT2D eigenvalue weighted by Crippen LogP contribution is -2.16. The summed E-state index contributed by atoms with van der Waals surface area (Å²) in [6.07, 6.45) is 0.814. The molecule has 1 aromatic rings. The second-order valence-corrected chi connectivity index (χ2v) is 4.42. The average Bonchev–Trinajstić information content (AvgIpc) is 2.35. The number of benzene rings is 1. The maximum Gasteiger partial charge on any atom is 0.122 e. The molecule has 0 radical (unpaired) electrons. The molecule has 0 bridgehead atoms. The summed E-state index contributed by atoms with van der Waals surface area (Å²) in [4.78, 5) is 0. The number of aliphatic hydroxyl groups excluding tert-OH is 2. The highest BCUT2D eigenvalue weighted by atomic mass is 16.5. The van der Waals surface area contributed by atoms with Gasteiger partial charge in [0.15, 0.2) is 0 Å². The van der Waals surface area contributed by atoms with E-state index in [1.54, 1.807) is 7.11 Å². The lowest BCUT2D eigenvalue weighted by atomic mass is 9.89. The number of rotatable bonds is 6. The molecule has 96 valence electrons. The zero-order valence-electron chi connectivity index (χ0n) is 10.8. The van der Waals surface area contributed by atoms with E-state index in [9.17, 15) is 5.11 Å². The Hall–Kier alpha value is -1.06. The predicted molar refractivity (Wildman–Crippen MR) is 68.5 cm³/mol. The van der Waals surface area contributed by atoms with E-state index in [4.69, 9.17) is 9.84 Å². The molecule has 2 atom stereocenters. The first-order valence-corrected chi connectivity index (χ1v) is 6.05. The van der Waals surface area contributed by atoms with Crippen molar-refractivity contribution in [1.29, 1.82) is 0 Å². The molecule has 0 spiro atoms. The van der Waals surface area contributed by atoms with Gasteiger partial charge in [-0.3, -0.25) is 0 Å². The van der Waals surface area contributed by atoms with Crippen molar-refractivity contribution in [3.8, 4) is 5.75 Å². The van der Waals surface area contributed by atoms with Gasteiger partial charge in [0.1, 0.15) is 5.75 Å². The Balaban J connectivity index is 2.97. The summed E-state index contributed by atoms with van der Waals surface area (Å²) >= 11 is 0. The first kappa shape index (κ1) is 14.0. The Kier molecular flexibility index (Phi) is 5.45. The lowest BCUT2D eigenvalue weighted by molar-refractivity contribution is 0.0815. The molecule has 1 rings (SSSR count). The van der Waals surface area contributed by atoms with Crippen LogP contribution in [-0.4, -0.2) is 30.0 Å². The number of ether oxygens (including phenoxy) is 1. The van der Waals surface area contributed by atoms with Crippen molar-refractivity contribution in [2.45, 2.75) is 38.7 Å². The molecule has 0 aliphatic carbocycles. The van der Waals surface area contributed by atoms with Crippen molar-refractivity contribution in [2.24, 2.45) is 0 Å². The molecule has 2 N–H and O–H groups in total. The molecule has 0 aliphatic rings. The van der Waals surface area contributed by atoms with Gasteiger partial charge in [-0.15, -0.1) is 0 Å². The van der Waals surface area contributed by atoms with Crippen LogP contribution in [0.15, 0.2) is 18.2 Å². The largest absolute Gasteiger partial charge is 0.496 e. The second kappa shape index (κ2) is 6.62. The van der Waals surface area contributed by atoms with Gasteiger partial charge in [-0.05, 0) is 37.3 Å². The van der Waals surface area contributed by atoms with E-state index in [0.717, 1.165) is 17.7 Å². The van der Waals surface area contributed by atoms with Crippen LogP contribution in [0.5, 0.6) is 5.75 Å². The van der Waals surface area contributed by atoms with Gasteiger partial charge < -0.3 is 14.9 Å². The second-order valence-electron chi connectivity index (χ2n) is 4.42. The normalized spacial score (nSPS) is 14.4. The van der Waals surface area contributed by atoms with Crippen LogP contribution in [0.4, 0.5) is 0 Å². The van der Waals surface area contributed by atoms with Crippen LogP contribution in [0.25, 0.3) is 0 Å². The Morgan fingerprint density at radius 3 is 2.59 bits per heavy atom. The molecule has 0 amide bonds. The van der Waals surface area contributed by atoms with Crippen LogP contribution in [0.1, 0.15) is 36.8 Å². The lowest BCUT2D eigenvalue weighted by Gasteiger charge is -2.21. The van der Waals surface area contributed by atoms with E-state index >= 15 is 0 Å². The third-order valence-corrected chi connectivity index (χ3v) is 3.09. The predicted octanol–water partition coefficient (Wildman–Crippen LogP) is 2.24. The zero-order chi connectivity index (χ0) is 12.8. The van der Waals surface area contributed by atoms with Crippen molar-refractivity contribution in [2.75, 3.05) is 13.7 Å². The highest BCUT2D eigenvalue weighted by Crippen LogP contribution is 2.33. The summed E-state index contributed by atoms with van der Waals surface area (Å²) in [6, 6.07) is 6.06. The summed E-state index contributed by atoms with van der Waals surface area (Å²) in [6.45, 7) is 3.93. The Morgan fingerprint density at radius 2 is 2.06 bits per heavy atom. The van der Waals surface area contributed by atoms with Gasteiger partial charge in [0.05, 0.1) is 19.8 Å². The van der Waals surface area contributed by atoms with Gasteiger partial charge in [-0.2, -0.15) is 0 Å². The molecule has 0 saturated heterocycles. The average molecular weight is 238 g/mol. The molecule has 0 aromatic heterocycles. The number of methoxy groups -OCH3 is 1. The van der Waals surface area contributed by atoms with Crippen LogP contribution in [0, 0.1) is 6.92 Å². The van der Waals surface area contributed by atoms with Gasteiger partial charge in [0, 0.05) is 0 Å². The third kappa shape index (κ3) is 3.72.